The minimum absolute atomic E-state index is 0.581. The summed E-state index contributed by atoms with van der Waals surface area (Å²) in [6.45, 7) is 1.03. The van der Waals surface area contributed by atoms with Gasteiger partial charge < -0.3 is 4.90 Å². The Morgan fingerprint density at radius 2 is 2.19 bits per heavy atom. The van der Waals surface area contributed by atoms with Crippen LogP contribution in [0.25, 0.3) is 0 Å². The third kappa shape index (κ3) is 1.44. The molecule has 2 heteroatoms. The molecule has 0 bridgehead atoms. The number of likely N-dealkylation sites (N-methyl/N-ethyl adjacent to an activating group) is 1. The van der Waals surface area contributed by atoms with E-state index in [9.17, 15) is 0 Å². The summed E-state index contributed by atoms with van der Waals surface area (Å²) < 4.78 is 0. The van der Waals surface area contributed by atoms with Crippen LogP contribution in [-0.4, -0.2) is 31.3 Å². The van der Waals surface area contributed by atoms with E-state index in [0.717, 1.165) is 13.0 Å². The predicted octanol–water partition coefficient (Wildman–Crippen LogP) is 2.41. The molecular formula is C14H18N2. The zero-order chi connectivity index (χ0) is 11.1. The third-order valence-corrected chi connectivity index (χ3v) is 3.86. The number of fused-ring (bicyclic) bond motifs is 3. The van der Waals surface area contributed by atoms with Crippen LogP contribution in [0.3, 0.4) is 0 Å². The molecule has 1 heterocycles. The van der Waals surface area contributed by atoms with Crippen molar-refractivity contribution < 1.29 is 0 Å². The molecule has 0 radical (unpaired) electrons. The quantitative estimate of drug-likeness (QED) is 0.654. The molecule has 2 unspecified atom stereocenters. The van der Waals surface area contributed by atoms with Crippen LogP contribution < -0.4 is 0 Å². The minimum atomic E-state index is 0.581. The Bertz CT molecular complexity index is 424. The highest BCUT2D eigenvalue weighted by atomic mass is 15.1. The molecule has 0 aromatic carbocycles. The summed E-state index contributed by atoms with van der Waals surface area (Å²) in [6.07, 6.45) is 11.6. The Labute approximate surface area is 97.1 Å². The van der Waals surface area contributed by atoms with Gasteiger partial charge >= 0.3 is 0 Å². The lowest BCUT2D eigenvalue weighted by Gasteiger charge is -2.31. The highest BCUT2D eigenvalue weighted by molar-refractivity contribution is 5.91. The van der Waals surface area contributed by atoms with Crippen LogP contribution in [0.1, 0.15) is 12.8 Å². The molecule has 2 aliphatic carbocycles. The molecule has 2 atom stereocenters. The fraction of sp³-hybridized carbons (Fsp3) is 0.500. The standard InChI is InChI=1S/C14H18N2/c1-16(2)11-5-3-10-4-6-14-12(7-8-15-14)13(10)9-11/h3-5,9,12-13H,6-8H2,1-2H3. The fourth-order valence-electron chi connectivity index (χ4n) is 2.94. The van der Waals surface area contributed by atoms with Gasteiger partial charge in [-0.2, -0.15) is 0 Å². The number of rotatable bonds is 1. The highest BCUT2D eigenvalue weighted by Gasteiger charge is 2.33. The maximum Gasteiger partial charge on any atom is 0.0395 e. The van der Waals surface area contributed by atoms with Crippen LogP contribution in [0.2, 0.25) is 0 Å². The monoisotopic (exact) mass is 214 g/mol. The van der Waals surface area contributed by atoms with E-state index in [4.69, 9.17) is 0 Å². The van der Waals surface area contributed by atoms with Gasteiger partial charge in [-0.15, -0.1) is 0 Å². The second-order valence-corrected chi connectivity index (χ2v) is 5.02. The molecule has 0 spiro atoms. The van der Waals surface area contributed by atoms with E-state index in [2.05, 4.69) is 48.3 Å². The molecule has 0 aromatic heterocycles. The Morgan fingerprint density at radius 1 is 1.31 bits per heavy atom. The molecule has 2 nitrogen and oxygen atoms in total. The molecule has 0 amide bonds. The number of allylic oxidation sites excluding steroid dienone is 5. The van der Waals surface area contributed by atoms with E-state index >= 15 is 0 Å². The Hall–Kier alpha value is -1.31. The average Bonchev–Trinajstić information content (AvgIpc) is 2.76. The lowest BCUT2D eigenvalue weighted by molar-refractivity contribution is 0.494. The minimum Gasteiger partial charge on any atom is -0.378 e. The molecule has 0 fully saturated rings. The van der Waals surface area contributed by atoms with Gasteiger partial charge in [-0.1, -0.05) is 18.2 Å². The van der Waals surface area contributed by atoms with Crippen molar-refractivity contribution in [2.75, 3.05) is 20.6 Å². The van der Waals surface area contributed by atoms with Gasteiger partial charge in [-0.05, 0) is 18.1 Å². The van der Waals surface area contributed by atoms with Crippen LogP contribution in [0.4, 0.5) is 0 Å². The first kappa shape index (κ1) is 9.88. The first-order valence-corrected chi connectivity index (χ1v) is 6.06. The SMILES string of the molecule is CN(C)C1=CC2C(=CCC3=NCCC32)C=C1. The van der Waals surface area contributed by atoms with Crippen molar-refractivity contribution in [1.29, 1.82) is 0 Å². The number of nitrogens with zero attached hydrogens (tertiary/aromatic N) is 2. The first-order valence-electron chi connectivity index (χ1n) is 6.06. The summed E-state index contributed by atoms with van der Waals surface area (Å²) in [4.78, 5) is 6.81. The second-order valence-electron chi connectivity index (χ2n) is 5.02. The van der Waals surface area contributed by atoms with Crippen molar-refractivity contribution in [3.8, 4) is 0 Å². The van der Waals surface area contributed by atoms with Crippen LogP contribution in [0.5, 0.6) is 0 Å². The van der Waals surface area contributed by atoms with Crippen molar-refractivity contribution in [3.63, 3.8) is 0 Å². The van der Waals surface area contributed by atoms with Gasteiger partial charge in [0.2, 0.25) is 0 Å². The first-order chi connectivity index (χ1) is 7.75. The highest BCUT2D eigenvalue weighted by Crippen LogP contribution is 2.38. The van der Waals surface area contributed by atoms with E-state index in [0.29, 0.717) is 11.8 Å². The molecule has 0 saturated heterocycles. The van der Waals surface area contributed by atoms with E-state index in [1.807, 2.05) is 0 Å². The summed E-state index contributed by atoms with van der Waals surface area (Å²) in [7, 11) is 4.22. The summed E-state index contributed by atoms with van der Waals surface area (Å²) in [5.41, 5.74) is 4.25. The second kappa shape index (κ2) is 3.62. The number of aliphatic imine (C=N–C) groups is 1. The predicted molar refractivity (Wildman–Crippen MR) is 67.5 cm³/mol. The van der Waals surface area contributed by atoms with Crippen molar-refractivity contribution >= 4 is 5.71 Å². The Balaban J connectivity index is 1.96. The molecule has 0 saturated carbocycles. The van der Waals surface area contributed by atoms with E-state index < -0.39 is 0 Å². The van der Waals surface area contributed by atoms with Crippen molar-refractivity contribution in [2.24, 2.45) is 16.8 Å². The molecule has 3 aliphatic rings. The summed E-state index contributed by atoms with van der Waals surface area (Å²) in [5, 5.41) is 0. The normalized spacial score (nSPS) is 31.2. The molecule has 0 aromatic rings. The molecule has 0 N–H and O–H groups in total. The van der Waals surface area contributed by atoms with Gasteiger partial charge in [0.05, 0.1) is 0 Å². The average molecular weight is 214 g/mol. The Kier molecular flexibility index (Phi) is 2.23. The number of hydrogen-bond donors (Lipinski definition) is 0. The van der Waals surface area contributed by atoms with Gasteiger partial charge in [0, 0.05) is 50.3 Å². The van der Waals surface area contributed by atoms with Gasteiger partial charge in [-0.25, -0.2) is 0 Å². The van der Waals surface area contributed by atoms with E-state index in [-0.39, 0.29) is 0 Å². The molecule has 16 heavy (non-hydrogen) atoms. The van der Waals surface area contributed by atoms with Crippen LogP contribution in [-0.2, 0) is 0 Å². The van der Waals surface area contributed by atoms with Gasteiger partial charge in [-0.3, -0.25) is 4.99 Å². The maximum absolute atomic E-state index is 4.62. The van der Waals surface area contributed by atoms with E-state index in [1.54, 1.807) is 0 Å². The largest absolute Gasteiger partial charge is 0.378 e. The topological polar surface area (TPSA) is 15.6 Å². The van der Waals surface area contributed by atoms with Crippen LogP contribution >= 0.6 is 0 Å². The van der Waals surface area contributed by atoms with Crippen molar-refractivity contribution in [2.45, 2.75) is 12.8 Å². The molecule has 84 valence electrons. The fourth-order valence-corrected chi connectivity index (χ4v) is 2.94. The van der Waals surface area contributed by atoms with Gasteiger partial charge in [0.25, 0.3) is 0 Å². The molecule has 3 rings (SSSR count). The third-order valence-electron chi connectivity index (χ3n) is 3.86. The summed E-state index contributed by atoms with van der Waals surface area (Å²) in [5.74, 6) is 1.26. The zero-order valence-electron chi connectivity index (χ0n) is 9.98. The molecule has 1 aliphatic heterocycles. The summed E-state index contributed by atoms with van der Waals surface area (Å²) in [6, 6.07) is 0. The Morgan fingerprint density at radius 3 is 3.00 bits per heavy atom. The lowest BCUT2D eigenvalue weighted by atomic mass is 9.74. The number of hydrogen-bond acceptors (Lipinski definition) is 2. The van der Waals surface area contributed by atoms with Crippen molar-refractivity contribution in [1.82, 2.24) is 4.90 Å². The summed E-state index contributed by atoms with van der Waals surface area (Å²) >= 11 is 0. The van der Waals surface area contributed by atoms with Crippen molar-refractivity contribution in [3.05, 3.63) is 35.6 Å². The van der Waals surface area contributed by atoms with Gasteiger partial charge in [0.15, 0.2) is 0 Å². The molecular weight excluding hydrogens is 196 g/mol. The van der Waals surface area contributed by atoms with Crippen LogP contribution in [0.15, 0.2) is 40.6 Å². The smallest absolute Gasteiger partial charge is 0.0395 e. The van der Waals surface area contributed by atoms with Crippen LogP contribution in [0, 0.1) is 11.8 Å². The lowest BCUT2D eigenvalue weighted by Crippen LogP contribution is -2.27. The maximum atomic E-state index is 4.62. The zero-order valence-corrected chi connectivity index (χ0v) is 9.98. The van der Waals surface area contributed by atoms with Gasteiger partial charge in [0.1, 0.15) is 0 Å². The van der Waals surface area contributed by atoms with E-state index in [1.165, 1.54) is 23.4 Å².